The number of hydrogen-bond donors (Lipinski definition) is 2. The third kappa shape index (κ3) is 3.05. The van der Waals surface area contributed by atoms with E-state index in [0.29, 0.717) is 11.5 Å². The van der Waals surface area contributed by atoms with Crippen molar-refractivity contribution in [3.05, 3.63) is 47.0 Å². The van der Waals surface area contributed by atoms with Crippen molar-refractivity contribution in [2.24, 2.45) is 0 Å². The van der Waals surface area contributed by atoms with Crippen molar-refractivity contribution in [3.63, 3.8) is 0 Å². The monoisotopic (exact) mass is 339 g/mol. The first kappa shape index (κ1) is 16.9. The molecule has 2 N–H and O–H groups in total. The Balaban J connectivity index is 2.32. The molecule has 3 rings (SSSR count). The summed E-state index contributed by atoms with van der Waals surface area (Å²) in [5.41, 5.74) is 5.46. The van der Waals surface area contributed by atoms with Crippen LogP contribution in [0.25, 0.3) is 22.2 Å². The van der Waals surface area contributed by atoms with E-state index >= 15 is 0 Å². The number of benzene rings is 2. The van der Waals surface area contributed by atoms with Gasteiger partial charge in [0, 0.05) is 22.5 Å². The lowest BCUT2D eigenvalue weighted by Gasteiger charge is -2.11. The van der Waals surface area contributed by atoms with Crippen LogP contribution in [0.4, 0.5) is 0 Å². The van der Waals surface area contributed by atoms with E-state index in [2.05, 4.69) is 11.1 Å². The van der Waals surface area contributed by atoms with E-state index in [1.165, 1.54) is 0 Å². The number of aliphatic carboxylic acids is 1. The van der Waals surface area contributed by atoms with Crippen molar-refractivity contribution in [1.29, 1.82) is 0 Å². The van der Waals surface area contributed by atoms with Crippen LogP contribution in [0.1, 0.15) is 16.7 Å². The van der Waals surface area contributed by atoms with E-state index in [-0.39, 0.29) is 6.42 Å². The summed E-state index contributed by atoms with van der Waals surface area (Å²) >= 11 is 0. The molecule has 0 radical (unpaired) electrons. The van der Waals surface area contributed by atoms with Gasteiger partial charge in [-0.3, -0.25) is 4.79 Å². The Labute approximate surface area is 146 Å². The third-order valence-electron chi connectivity index (χ3n) is 4.35. The van der Waals surface area contributed by atoms with Crippen molar-refractivity contribution in [2.75, 3.05) is 14.2 Å². The van der Waals surface area contributed by atoms with E-state index in [9.17, 15) is 9.90 Å². The molecule has 0 spiro atoms. The minimum Gasteiger partial charge on any atom is -0.497 e. The molecule has 0 saturated carbocycles. The maximum atomic E-state index is 11.5. The maximum absolute atomic E-state index is 11.5. The topological polar surface area (TPSA) is 71.6 Å². The normalized spacial score (nSPS) is 10.9. The lowest BCUT2D eigenvalue weighted by atomic mass is 9.98. The second-order valence-electron chi connectivity index (χ2n) is 6.12. The van der Waals surface area contributed by atoms with E-state index in [4.69, 9.17) is 9.47 Å². The second-order valence-corrected chi connectivity index (χ2v) is 6.12. The predicted octanol–water partition coefficient (Wildman–Crippen LogP) is 4.10. The summed E-state index contributed by atoms with van der Waals surface area (Å²) in [6.45, 7) is 4.03. The Bertz CT molecular complexity index is 956. The number of H-pyrrole nitrogens is 1. The first-order valence-electron chi connectivity index (χ1n) is 8.00. The first-order chi connectivity index (χ1) is 11.9. The Morgan fingerprint density at radius 1 is 1.12 bits per heavy atom. The van der Waals surface area contributed by atoms with Crippen LogP contribution < -0.4 is 9.47 Å². The molecule has 5 heteroatoms. The van der Waals surface area contributed by atoms with Gasteiger partial charge in [0.05, 0.1) is 26.3 Å². The largest absolute Gasteiger partial charge is 0.497 e. The smallest absolute Gasteiger partial charge is 0.307 e. The number of rotatable bonds is 5. The predicted molar refractivity (Wildman–Crippen MR) is 97.7 cm³/mol. The fourth-order valence-electron chi connectivity index (χ4n) is 3.36. The molecule has 25 heavy (non-hydrogen) atoms. The molecule has 1 heterocycles. The van der Waals surface area contributed by atoms with Gasteiger partial charge in [0.15, 0.2) is 0 Å². The highest BCUT2D eigenvalue weighted by atomic mass is 16.5. The molecule has 2 aromatic carbocycles. The van der Waals surface area contributed by atoms with Gasteiger partial charge in [-0.15, -0.1) is 0 Å². The van der Waals surface area contributed by atoms with Gasteiger partial charge in [0.25, 0.3) is 0 Å². The molecule has 5 nitrogen and oxygen atoms in total. The number of carboxylic acid groups (broad SMARTS) is 1. The molecule has 3 aromatic rings. The van der Waals surface area contributed by atoms with Crippen LogP contribution >= 0.6 is 0 Å². The maximum Gasteiger partial charge on any atom is 0.307 e. The van der Waals surface area contributed by atoms with Crippen LogP contribution in [0, 0.1) is 13.8 Å². The van der Waals surface area contributed by atoms with E-state index in [1.54, 1.807) is 20.3 Å². The number of ether oxygens (including phenoxy) is 2. The number of aromatic amines is 1. The van der Waals surface area contributed by atoms with Gasteiger partial charge < -0.3 is 19.6 Å². The van der Waals surface area contributed by atoms with Crippen LogP contribution in [-0.2, 0) is 11.2 Å². The fraction of sp³-hybridized carbons (Fsp3) is 0.250. The van der Waals surface area contributed by atoms with Gasteiger partial charge >= 0.3 is 5.97 Å². The number of carboxylic acids is 1. The summed E-state index contributed by atoms with van der Waals surface area (Å²) in [6, 6.07) is 9.62. The molecule has 0 bridgehead atoms. The molecular formula is C20H21NO4. The van der Waals surface area contributed by atoms with Crippen molar-refractivity contribution in [1.82, 2.24) is 4.98 Å². The average molecular weight is 339 g/mol. The van der Waals surface area contributed by atoms with Crippen molar-refractivity contribution >= 4 is 16.9 Å². The van der Waals surface area contributed by atoms with Crippen molar-refractivity contribution in [2.45, 2.75) is 20.3 Å². The van der Waals surface area contributed by atoms with E-state index in [1.807, 2.05) is 32.0 Å². The highest BCUT2D eigenvalue weighted by Crippen LogP contribution is 2.39. The quantitative estimate of drug-likeness (QED) is 0.734. The first-order valence-corrected chi connectivity index (χ1v) is 8.00. The SMILES string of the molecule is COc1ccc(-c2[nH]c3cc(C)cc(C)c3c2CC(=O)O)c(OC)c1. The van der Waals surface area contributed by atoms with Crippen LogP contribution in [0.15, 0.2) is 30.3 Å². The summed E-state index contributed by atoms with van der Waals surface area (Å²) in [7, 11) is 3.19. The van der Waals surface area contributed by atoms with Crippen molar-refractivity contribution in [3.8, 4) is 22.8 Å². The van der Waals surface area contributed by atoms with Gasteiger partial charge in [-0.2, -0.15) is 0 Å². The molecule has 0 amide bonds. The number of nitrogens with one attached hydrogen (secondary N) is 1. The molecule has 1 aromatic heterocycles. The van der Waals surface area contributed by atoms with Crippen LogP contribution in [0.3, 0.4) is 0 Å². The van der Waals surface area contributed by atoms with Gasteiger partial charge in [-0.05, 0) is 48.7 Å². The summed E-state index contributed by atoms with van der Waals surface area (Å²) in [5, 5.41) is 10.4. The van der Waals surface area contributed by atoms with Crippen LogP contribution in [0.5, 0.6) is 11.5 Å². The zero-order chi connectivity index (χ0) is 18.1. The molecule has 0 unspecified atom stereocenters. The Morgan fingerprint density at radius 2 is 1.88 bits per heavy atom. The van der Waals surface area contributed by atoms with Gasteiger partial charge in [-0.1, -0.05) is 6.07 Å². The average Bonchev–Trinajstić information content (AvgIpc) is 2.91. The number of methoxy groups -OCH3 is 2. The highest BCUT2D eigenvalue weighted by Gasteiger charge is 2.20. The molecule has 0 aliphatic carbocycles. The fourth-order valence-corrected chi connectivity index (χ4v) is 3.36. The third-order valence-corrected chi connectivity index (χ3v) is 4.35. The molecular weight excluding hydrogens is 318 g/mol. The highest BCUT2D eigenvalue weighted by molar-refractivity contribution is 5.97. The summed E-state index contributed by atoms with van der Waals surface area (Å²) in [4.78, 5) is 14.9. The number of fused-ring (bicyclic) bond motifs is 1. The minimum atomic E-state index is -0.866. The number of carbonyl (C=O) groups is 1. The molecule has 0 saturated heterocycles. The summed E-state index contributed by atoms with van der Waals surface area (Å²) < 4.78 is 10.8. The number of aryl methyl sites for hydroxylation is 2. The van der Waals surface area contributed by atoms with E-state index in [0.717, 1.165) is 38.9 Å². The number of aromatic nitrogens is 1. The molecule has 0 fully saturated rings. The molecule has 0 atom stereocenters. The van der Waals surface area contributed by atoms with Crippen LogP contribution in [0.2, 0.25) is 0 Å². The van der Waals surface area contributed by atoms with Gasteiger partial charge in [0.1, 0.15) is 11.5 Å². The lowest BCUT2D eigenvalue weighted by molar-refractivity contribution is -0.136. The minimum absolute atomic E-state index is 0.0611. The number of hydrogen-bond acceptors (Lipinski definition) is 3. The molecule has 0 aliphatic heterocycles. The molecule has 0 aliphatic rings. The van der Waals surface area contributed by atoms with Crippen molar-refractivity contribution < 1.29 is 19.4 Å². The summed E-state index contributed by atoms with van der Waals surface area (Å²) in [6.07, 6.45) is -0.0611. The van der Waals surface area contributed by atoms with Gasteiger partial charge in [-0.25, -0.2) is 0 Å². The van der Waals surface area contributed by atoms with E-state index < -0.39 is 5.97 Å². The standard InChI is InChI=1S/C20H21NO4/c1-11-7-12(2)19-15(10-18(22)23)20(21-16(19)8-11)14-6-5-13(24-3)9-17(14)25-4/h5-9,21H,10H2,1-4H3,(H,22,23). The van der Waals surface area contributed by atoms with Crippen LogP contribution in [-0.4, -0.2) is 30.3 Å². The lowest BCUT2D eigenvalue weighted by Crippen LogP contribution is -2.02. The Hall–Kier alpha value is -2.95. The second kappa shape index (κ2) is 6.51. The summed E-state index contributed by atoms with van der Waals surface area (Å²) in [5.74, 6) is 0.449. The zero-order valence-corrected chi connectivity index (χ0v) is 14.8. The Kier molecular flexibility index (Phi) is 4.40. The van der Waals surface area contributed by atoms with Gasteiger partial charge in [0.2, 0.25) is 0 Å². The zero-order valence-electron chi connectivity index (χ0n) is 14.8. The Morgan fingerprint density at radius 3 is 2.52 bits per heavy atom. The molecule has 130 valence electrons.